The molecule has 0 aromatic heterocycles. The van der Waals surface area contributed by atoms with Crippen LogP contribution in [0.4, 0.5) is 5.69 Å². The fraction of sp³-hybridized carbons (Fsp3) is 0.500. The standard InChI is InChI=1S/C14H18N2O5/c1-9-4-3-5-12(13(9)16(18)19)21-8-11(14(17)20-2)15-10-6-7-10/h3-5,10-11,15H,6-8H2,1-2H3. The molecule has 114 valence electrons. The van der Waals surface area contributed by atoms with Crippen LogP contribution in [0.2, 0.25) is 0 Å². The first-order valence-electron chi connectivity index (χ1n) is 6.73. The minimum atomic E-state index is -0.623. The monoisotopic (exact) mass is 294 g/mol. The number of para-hydroxylation sites is 1. The zero-order valence-electron chi connectivity index (χ0n) is 12.0. The van der Waals surface area contributed by atoms with E-state index in [9.17, 15) is 14.9 Å². The van der Waals surface area contributed by atoms with E-state index in [1.165, 1.54) is 13.2 Å². The molecule has 1 aromatic rings. The summed E-state index contributed by atoms with van der Waals surface area (Å²) in [5, 5.41) is 14.2. The Balaban J connectivity index is 2.07. The molecule has 1 fully saturated rings. The zero-order chi connectivity index (χ0) is 15.4. The highest BCUT2D eigenvalue weighted by molar-refractivity contribution is 5.76. The van der Waals surface area contributed by atoms with Crippen molar-refractivity contribution in [3.05, 3.63) is 33.9 Å². The molecule has 0 spiro atoms. The van der Waals surface area contributed by atoms with E-state index >= 15 is 0 Å². The summed E-state index contributed by atoms with van der Waals surface area (Å²) in [5.74, 6) is -0.274. The molecule has 7 nitrogen and oxygen atoms in total. The van der Waals surface area contributed by atoms with Crippen molar-refractivity contribution in [3.63, 3.8) is 0 Å². The number of rotatable bonds is 7. The Kier molecular flexibility index (Phi) is 4.74. The van der Waals surface area contributed by atoms with E-state index < -0.39 is 16.9 Å². The average Bonchev–Trinajstić information content (AvgIpc) is 3.26. The highest BCUT2D eigenvalue weighted by atomic mass is 16.6. The van der Waals surface area contributed by atoms with Crippen LogP contribution < -0.4 is 10.1 Å². The first-order chi connectivity index (χ1) is 10.0. The van der Waals surface area contributed by atoms with Crippen LogP contribution in [0.1, 0.15) is 18.4 Å². The number of esters is 1. The molecule has 1 saturated carbocycles. The van der Waals surface area contributed by atoms with Gasteiger partial charge in [0.25, 0.3) is 0 Å². The van der Waals surface area contributed by atoms with Crippen LogP contribution in [0.25, 0.3) is 0 Å². The van der Waals surface area contributed by atoms with E-state index in [-0.39, 0.29) is 18.0 Å². The van der Waals surface area contributed by atoms with Gasteiger partial charge in [-0.25, -0.2) is 0 Å². The molecular weight excluding hydrogens is 276 g/mol. The van der Waals surface area contributed by atoms with Crippen molar-refractivity contribution in [3.8, 4) is 5.75 Å². The summed E-state index contributed by atoms with van der Waals surface area (Å²) < 4.78 is 10.2. The van der Waals surface area contributed by atoms with Gasteiger partial charge >= 0.3 is 11.7 Å². The van der Waals surface area contributed by atoms with Gasteiger partial charge in [0.15, 0.2) is 5.75 Å². The van der Waals surface area contributed by atoms with Crippen LogP contribution in [-0.4, -0.2) is 36.7 Å². The maximum atomic E-state index is 11.7. The number of nitrogens with one attached hydrogen (secondary N) is 1. The molecular formula is C14H18N2O5. The first kappa shape index (κ1) is 15.2. The quantitative estimate of drug-likeness (QED) is 0.466. The van der Waals surface area contributed by atoms with Crippen LogP contribution in [0.15, 0.2) is 18.2 Å². The van der Waals surface area contributed by atoms with Crippen LogP contribution in [0.5, 0.6) is 5.75 Å². The topological polar surface area (TPSA) is 90.7 Å². The van der Waals surface area contributed by atoms with Gasteiger partial charge in [0.05, 0.1) is 12.0 Å². The summed E-state index contributed by atoms with van der Waals surface area (Å²) in [5.41, 5.74) is 0.440. The van der Waals surface area contributed by atoms with E-state index in [4.69, 9.17) is 9.47 Å². The number of nitrogens with zero attached hydrogens (tertiary/aromatic N) is 1. The minimum absolute atomic E-state index is 0.00648. The smallest absolute Gasteiger partial charge is 0.326 e. The number of hydrogen-bond donors (Lipinski definition) is 1. The van der Waals surface area contributed by atoms with E-state index in [1.54, 1.807) is 19.1 Å². The number of carbonyl (C=O) groups is 1. The normalized spacial score (nSPS) is 15.3. The van der Waals surface area contributed by atoms with E-state index in [0.29, 0.717) is 11.6 Å². The Hall–Kier alpha value is -2.15. The number of hydrogen-bond acceptors (Lipinski definition) is 6. The molecule has 0 amide bonds. The van der Waals surface area contributed by atoms with Crippen molar-refractivity contribution in [2.75, 3.05) is 13.7 Å². The van der Waals surface area contributed by atoms with Gasteiger partial charge in [-0.2, -0.15) is 0 Å². The molecule has 0 heterocycles. The Labute approximate surface area is 122 Å². The van der Waals surface area contributed by atoms with Crippen molar-refractivity contribution >= 4 is 11.7 Å². The van der Waals surface area contributed by atoms with Crippen molar-refractivity contribution < 1.29 is 19.2 Å². The van der Waals surface area contributed by atoms with Crippen LogP contribution in [-0.2, 0) is 9.53 Å². The predicted molar refractivity (Wildman–Crippen MR) is 75.3 cm³/mol. The van der Waals surface area contributed by atoms with Crippen LogP contribution in [0, 0.1) is 17.0 Å². The molecule has 2 rings (SSSR count). The van der Waals surface area contributed by atoms with Crippen molar-refractivity contribution in [2.24, 2.45) is 0 Å². The second kappa shape index (κ2) is 6.53. The van der Waals surface area contributed by atoms with Crippen LogP contribution >= 0.6 is 0 Å². The third-order valence-electron chi connectivity index (χ3n) is 3.29. The van der Waals surface area contributed by atoms with Gasteiger partial charge in [0.2, 0.25) is 0 Å². The molecule has 1 unspecified atom stereocenters. The zero-order valence-corrected chi connectivity index (χ0v) is 12.0. The Bertz CT molecular complexity index is 542. The number of nitro benzene ring substituents is 1. The predicted octanol–water partition coefficient (Wildman–Crippen LogP) is 1.58. The van der Waals surface area contributed by atoms with Crippen LogP contribution in [0.3, 0.4) is 0 Å². The summed E-state index contributed by atoms with van der Waals surface area (Å²) in [6.45, 7) is 1.64. The van der Waals surface area contributed by atoms with Gasteiger partial charge in [-0.15, -0.1) is 0 Å². The van der Waals surface area contributed by atoms with Gasteiger partial charge in [-0.1, -0.05) is 12.1 Å². The Morgan fingerprint density at radius 3 is 2.81 bits per heavy atom. The Morgan fingerprint density at radius 1 is 1.52 bits per heavy atom. The summed E-state index contributed by atoms with van der Waals surface area (Å²) in [7, 11) is 1.30. The number of ether oxygens (including phenoxy) is 2. The number of nitro groups is 1. The number of aryl methyl sites for hydroxylation is 1. The minimum Gasteiger partial charge on any atom is -0.485 e. The second-order valence-electron chi connectivity index (χ2n) is 5.01. The third kappa shape index (κ3) is 3.91. The molecule has 1 aliphatic rings. The Morgan fingerprint density at radius 2 is 2.24 bits per heavy atom. The van der Waals surface area contributed by atoms with Gasteiger partial charge in [0.1, 0.15) is 12.6 Å². The first-order valence-corrected chi connectivity index (χ1v) is 6.73. The number of benzene rings is 1. The van der Waals surface area contributed by atoms with Crippen molar-refractivity contribution in [1.82, 2.24) is 5.32 Å². The van der Waals surface area contributed by atoms with Gasteiger partial charge < -0.3 is 9.47 Å². The molecule has 1 N–H and O–H groups in total. The molecule has 7 heteroatoms. The molecule has 0 saturated heterocycles. The highest BCUT2D eigenvalue weighted by Crippen LogP contribution is 2.30. The molecule has 0 radical (unpaired) electrons. The largest absolute Gasteiger partial charge is 0.485 e. The highest BCUT2D eigenvalue weighted by Gasteiger charge is 2.30. The van der Waals surface area contributed by atoms with Gasteiger partial charge in [-0.05, 0) is 25.8 Å². The van der Waals surface area contributed by atoms with E-state index in [1.807, 2.05) is 0 Å². The number of carbonyl (C=O) groups excluding carboxylic acids is 1. The van der Waals surface area contributed by atoms with Gasteiger partial charge in [0, 0.05) is 11.6 Å². The fourth-order valence-electron chi connectivity index (χ4n) is 2.02. The average molecular weight is 294 g/mol. The maximum Gasteiger partial charge on any atom is 0.326 e. The summed E-state index contributed by atoms with van der Waals surface area (Å²) in [6, 6.07) is 4.52. The molecule has 21 heavy (non-hydrogen) atoms. The summed E-state index contributed by atoms with van der Waals surface area (Å²) in [6.07, 6.45) is 2.02. The lowest BCUT2D eigenvalue weighted by Crippen LogP contribution is -2.43. The number of methoxy groups -OCH3 is 1. The molecule has 0 bridgehead atoms. The summed E-state index contributed by atoms with van der Waals surface area (Å²) >= 11 is 0. The van der Waals surface area contributed by atoms with Crippen molar-refractivity contribution in [2.45, 2.75) is 31.8 Å². The lowest BCUT2D eigenvalue weighted by atomic mass is 10.2. The molecule has 1 aliphatic carbocycles. The fourth-order valence-corrected chi connectivity index (χ4v) is 2.02. The second-order valence-corrected chi connectivity index (χ2v) is 5.01. The van der Waals surface area contributed by atoms with Gasteiger partial charge in [-0.3, -0.25) is 20.2 Å². The van der Waals surface area contributed by atoms with E-state index in [2.05, 4.69) is 5.32 Å². The maximum absolute atomic E-state index is 11.7. The van der Waals surface area contributed by atoms with Crippen molar-refractivity contribution in [1.29, 1.82) is 0 Å². The molecule has 0 aliphatic heterocycles. The summed E-state index contributed by atoms with van der Waals surface area (Å²) in [4.78, 5) is 22.3. The molecule has 1 atom stereocenters. The third-order valence-corrected chi connectivity index (χ3v) is 3.29. The van der Waals surface area contributed by atoms with E-state index in [0.717, 1.165) is 12.8 Å². The lowest BCUT2D eigenvalue weighted by Gasteiger charge is -2.17. The SMILES string of the molecule is COC(=O)C(COc1cccc(C)c1[N+](=O)[O-])NC1CC1. The molecule has 1 aromatic carbocycles. The lowest BCUT2D eigenvalue weighted by molar-refractivity contribution is -0.386.